The Morgan fingerprint density at radius 1 is 1.12 bits per heavy atom. The monoisotopic (exact) mass is 383 g/mol. The Labute approximate surface area is 163 Å². The first-order valence-electron chi connectivity index (χ1n) is 9.06. The highest BCUT2D eigenvalue weighted by atomic mass is 32.2. The van der Waals surface area contributed by atoms with E-state index >= 15 is 0 Å². The molecular formula is C21H21NO2S2. The number of benzene rings is 1. The Balaban J connectivity index is 1.54. The molecule has 134 valence electrons. The smallest absolute Gasteiger partial charge is 0.266 e. The van der Waals surface area contributed by atoms with Crippen molar-refractivity contribution in [2.75, 3.05) is 0 Å². The normalized spacial score (nSPS) is 20.3. The maximum Gasteiger partial charge on any atom is 0.266 e. The predicted octanol–water partition coefficient (Wildman–Crippen LogP) is 5.79. The highest BCUT2D eigenvalue weighted by Crippen LogP contribution is 2.37. The van der Waals surface area contributed by atoms with E-state index in [1.807, 2.05) is 35.2 Å². The first-order valence-corrected chi connectivity index (χ1v) is 10.3. The lowest BCUT2D eigenvalue weighted by Crippen LogP contribution is -2.39. The van der Waals surface area contributed by atoms with E-state index in [0.29, 0.717) is 15.0 Å². The number of thiocarbonyl (C=S) groups is 1. The molecule has 0 unspecified atom stereocenters. The lowest BCUT2D eigenvalue weighted by Gasteiger charge is -2.29. The molecule has 2 aliphatic rings. The summed E-state index contributed by atoms with van der Waals surface area (Å²) >= 11 is 6.87. The summed E-state index contributed by atoms with van der Waals surface area (Å²) in [7, 11) is 0. The third-order valence-corrected chi connectivity index (χ3v) is 6.33. The summed E-state index contributed by atoms with van der Waals surface area (Å²) in [5, 5.41) is 0. The molecule has 2 aromatic rings. The van der Waals surface area contributed by atoms with Crippen molar-refractivity contribution >= 4 is 40.3 Å². The van der Waals surface area contributed by atoms with Gasteiger partial charge in [0.05, 0.1) is 4.91 Å². The van der Waals surface area contributed by atoms with Crippen LogP contribution in [0.5, 0.6) is 0 Å². The van der Waals surface area contributed by atoms with E-state index in [1.54, 1.807) is 0 Å². The minimum Gasteiger partial charge on any atom is -0.457 e. The van der Waals surface area contributed by atoms with Crippen LogP contribution in [0.4, 0.5) is 0 Å². The maximum atomic E-state index is 12.8. The fourth-order valence-corrected chi connectivity index (χ4v) is 4.95. The molecule has 1 saturated carbocycles. The van der Waals surface area contributed by atoms with Crippen LogP contribution in [0.1, 0.15) is 43.4 Å². The molecule has 1 aliphatic heterocycles. The SMILES string of the molecule is Cc1ccc(-c2ccc(/C=C3\SC(=S)N(C4CCCCC4)C3=O)o2)cc1. The van der Waals surface area contributed by atoms with E-state index in [1.165, 1.54) is 36.6 Å². The average molecular weight is 384 g/mol. The Morgan fingerprint density at radius 3 is 2.58 bits per heavy atom. The van der Waals surface area contributed by atoms with Gasteiger partial charge in [0, 0.05) is 17.7 Å². The van der Waals surface area contributed by atoms with E-state index < -0.39 is 0 Å². The molecule has 1 aromatic heterocycles. The van der Waals surface area contributed by atoms with Crippen LogP contribution in [-0.2, 0) is 4.79 Å². The third-order valence-electron chi connectivity index (χ3n) is 5.00. The molecule has 2 fully saturated rings. The van der Waals surface area contributed by atoms with Gasteiger partial charge in [0.2, 0.25) is 0 Å². The number of nitrogens with zero attached hydrogens (tertiary/aromatic N) is 1. The summed E-state index contributed by atoms with van der Waals surface area (Å²) in [5.41, 5.74) is 2.25. The minimum atomic E-state index is 0.0279. The van der Waals surface area contributed by atoms with Crippen molar-refractivity contribution in [3.63, 3.8) is 0 Å². The molecule has 3 nitrogen and oxygen atoms in total. The van der Waals surface area contributed by atoms with Gasteiger partial charge >= 0.3 is 0 Å². The first kappa shape index (κ1) is 17.6. The molecule has 1 aliphatic carbocycles. The van der Waals surface area contributed by atoms with E-state index in [9.17, 15) is 4.79 Å². The maximum absolute atomic E-state index is 12.8. The van der Waals surface area contributed by atoms with Gasteiger partial charge in [0.15, 0.2) is 0 Å². The lowest BCUT2D eigenvalue weighted by molar-refractivity contribution is -0.124. The highest BCUT2D eigenvalue weighted by Gasteiger charge is 2.37. The van der Waals surface area contributed by atoms with Gasteiger partial charge in [-0.05, 0) is 31.9 Å². The van der Waals surface area contributed by atoms with Crippen molar-refractivity contribution in [3.8, 4) is 11.3 Å². The number of amides is 1. The second-order valence-electron chi connectivity index (χ2n) is 6.91. The molecule has 0 atom stereocenters. The quantitative estimate of drug-likeness (QED) is 0.496. The van der Waals surface area contributed by atoms with Crippen LogP contribution in [0.3, 0.4) is 0 Å². The van der Waals surface area contributed by atoms with Crippen molar-refractivity contribution in [2.45, 2.75) is 45.1 Å². The molecule has 0 N–H and O–H groups in total. The zero-order valence-corrected chi connectivity index (χ0v) is 16.4. The van der Waals surface area contributed by atoms with Crippen LogP contribution < -0.4 is 0 Å². The summed E-state index contributed by atoms with van der Waals surface area (Å²) in [6.07, 6.45) is 7.54. The molecule has 5 heteroatoms. The summed E-state index contributed by atoms with van der Waals surface area (Å²) in [6.45, 7) is 2.06. The fraction of sp³-hybridized carbons (Fsp3) is 0.333. The van der Waals surface area contributed by atoms with Crippen LogP contribution in [0, 0.1) is 6.92 Å². The third kappa shape index (κ3) is 3.51. The molecule has 0 radical (unpaired) electrons. The Morgan fingerprint density at radius 2 is 1.85 bits per heavy atom. The Hall–Kier alpha value is -1.85. The molecule has 2 heterocycles. The molecule has 1 aromatic carbocycles. The van der Waals surface area contributed by atoms with E-state index in [2.05, 4.69) is 19.1 Å². The van der Waals surface area contributed by atoms with Crippen LogP contribution >= 0.6 is 24.0 Å². The van der Waals surface area contributed by atoms with Gasteiger partial charge in [0.25, 0.3) is 5.91 Å². The number of carbonyl (C=O) groups excluding carboxylic acids is 1. The van der Waals surface area contributed by atoms with Gasteiger partial charge in [0.1, 0.15) is 15.8 Å². The number of thioether (sulfide) groups is 1. The van der Waals surface area contributed by atoms with E-state index in [4.69, 9.17) is 16.6 Å². The lowest BCUT2D eigenvalue weighted by atomic mass is 9.94. The molecule has 4 rings (SSSR count). The zero-order chi connectivity index (χ0) is 18.1. The van der Waals surface area contributed by atoms with Gasteiger partial charge in [-0.2, -0.15) is 0 Å². The molecular weight excluding hydrogens is 362 g/mol. The topological polar surface area (TPSA) is 33.5 Å². The van der Waals surface area contributed by atoms with Gasteiger partial charge in [-0.25, -0.2) is 0 Å². The van der Waals surface area contributed by atoms with Crippen LogP contribution in [0.15, 0.2) is 45.7 Å². The second-order valence-corrected chi connectivity index (χ2v) is 8.59. The molecule has 26 heavy (non-hydrogen) atoms. The minimum absolute atomic E-state index is 0.0279. The van der Waals surface area contributed by atoms with Gasteiger partial charge < -0.3 is 4.42 Å². The van der Waals surface area contributed by atoms with Crippen molar-refractivity contribution in [2.24, 2.45) is 0 Å². The standard InChI is InChI=1S/C21H21NO2S2/c1-14-7-9-15(10-8-14)18-12-11-17(24-18)13-19-20(23)22(21(25)26-19)16-5-3-2-4-6-16/h7-13,16H,2-6H2,1H3/b19-13-. The van der Waals surface area contributed by atoms with Crippen LogP contribution in [0.25, 0.3) is 17.4 Å². The van der Waals surface area contributed by atoms with Crippen molar-refractivity contribution in [1.82, 2.24) is 4.90 Å². The summed E-state index contributed by atoms with van der Waals surface area (Å²) in [6, 6.07) is 12.3. The molecule has 1 saturated heterocycles. The number of hydrogen-bond donors (Lipinski definition) is 0. The Kier molecular flexibility index (Phi) is 5.00. The number of aryl methyl sites for hydroxylation is 1. The van der Waals surface area contributed by atoms with E-state index in [0.717, 1.165) is 24.2 Å². The molecule has 0 spiro atoms. The van der Waals surface area contributed by atoms with Crippen molar-refractivity contribution < 1.29 is 9.21 Å². The summed E-state index contributed by atoms with van der Waals surface area (Å²) < 4.78 is 6.61. The van der Waals surface area contributed by atoms with Crippen molar-refractivity contribution in [3.05, 3.63) is 52.6 Å². The van der Waals surface area contributed by atoms with Gasteiger partial charge in [-0.3, -0.25) is 9.69 Å². The highest BCUT2D eigenvalue weighted by molar-refractivity contribution is 8.26. The van der Waals surface area contributed by atoms with Gasteiger partial charge in [-0.1, -0.05) is 73.1 Å². The molecule has 1 amide bonds. The van der Waals surface area contributed by atoms with Gasteiger partial charge in [-0.15, -0.1) is 0 Å². The summed E-state index contributed by atoms with van der Waals surface area (Å²) in [5.74, 6) is 1.52. The molecule has 0 bridgehead atoms. The first-order chi connectivity index (χ1) is 12.6. The van der Waals surface area contributed by atoms with E-state index in [-0.39, 0.29) is 11.9 Å². The number of hydrogen-bond acceptors (Lipinski definition) is 4. The van der Waals surface area contributed by atoms with Crippen LogP contribution in [0.2, 0.25) is 0 Å². The second kappa shape index (κ2) is 7.41. The number of furan rings is 1. The zero-order valence-electron chi connectivity index (χ0n) is 14.7. The predicted molar refractivity (Wildman–Crippen MR) is 111 cm³/mol. The van der Waals surface area contributed by atoms with Crippen LogP contribution in [-0.4, -0.2) is 21.2 Å². The van der Waals surface area contributed by atoms with Crippen molar-refractivity contribution in [1.29, 1.82) is 0 Å². The average Bonchev–Trinajstić information content (AvgIpc) is 3.21. The fourth-order valence-electron chi connectivity index (χ4n) is 3.57. The number of carbonyl (C=O) groups is 1. The Bertz CT molecular complexity index is 860. The largest absolute Gasteiger partial charge is 0.457 e. The number of rotatable bonds is 3. The summed E-state index contributed by atoms with van der Waals surface area (Å²) in [4.78, 5) is 15.3.